The maximum Gasteiger partial charge on any atom is 0.573 e. The minimum absolute atomic E-state index is 0.279. The summed E-state index contributed by atoms with van der Waals surface area (Å²) in [6.45, 7) is 0.279. The summed E-state index contributed by atoms with van der Waals surface area (Å²) in [6.07, 6.45) is -5.01. The first kappa shape index (κ1) is 14.7. The molecular formula is C13H12F3NO2S. The Morgan fingerprint density at radius 1 is 1.10 bits per heavy atom. The number of ether oxygens (including phenoxy) is 2. The quantitative estimate of drug-likeness (QED) is 0.915. The summed E-state index contributed by atoms with van der Waals surface area (Å²) in [5.74, 6) is 0.147. The normalized spacial score (nSPS) is 13.0. The molecule has 1 aromatic carbocycles. The third kappa shape index (κ3) is 4.14. The van der Waals surface area contributed by atoms with E-state index in [4.69, 9.17) is 10.5 Å². The fourth-order valence-corrected chi connectivity index (χ4v) is 2.35. The number of halogens is 3. The van der Waals surface area contributed by atoms with Crippen molar-refractivity contribution in [2.24, 2.45) is 5.73 Å². The Balaban J connectivity index is 2.03. The molecule has 1 unspecified atom stereocenters. The van der Waals surface area contributed by atoms with Crippen LogP contribution in [0.25, 0.3) is 0 Å². The van der Waals surface area contributed by atoms with Crippen LogP contribution >= 0.6 is 11.3 Å². The van der Waals surface area contributed by atoms with Gasteiger partial charge in [0.05, 0.1) is 0 Å². The van der Waals surface area contributed by atoms with E-state index < -0.39 is 6.36 Å². The number of rotatable bonds is 5. The molecule has 2 N–H and O–H groups in total. The molecule has 0 amide bonds. The molecule has 2 rings (SSSR count). The van der Waals surface area contributed by atoms with Gasteiger partial charge in [0.15, 0.2) is 0 Å². The molecule has 0 radical (unpaired) electrons. The van der Waals surface area contributed by atoms with Gasteiger partial charge in [-0.1, -0.05) is 6.07 Å². The molecule has 1 heterocycles. The van der Waals surface area contributed by atoms with E-state index in [1.807, 2.05) is 17.5 Å². The van der Waals surface area contributed by atoms with Gasteiger partial charge in [0, 0.05) is 11.4 Å². The Bertz CT molecular complexity index is 526. The van der Waals surface area contributed by atoms with Crippen molar-refractivity contribution >= 4 is 11.3 Å². The van der Waals surface area contributed by atoms with Crippen LogP contribution in [-0.2, 0) is 0 Å². The van der Waals surface area contributed by atoms with E-state index in [0.29, 0.717) is 5.75 Å². The number of hydrogen-bond acceptors (Lipinski definition) is 4. The fraction of sp³-hybridized carbons (Fsp3) is 0.231. The Hall–Kier alpha value is -1.73. The standard InChI is InChI=1S/C13H12F3NO2S/c14-13(15,16)19-10-5-3-9(4-6-10)18-11(8-17)12-2-1-7-20-12/h1-7,11H,8,17H2. The summed E-state index contributed by atoms with van der Waals surface area (Å²) >= 11 is 1.51. The van der Waals surface area contributed by atoms with Gasteiger partial charge >= 0.3 is 6.36 Å². The van der Waals surface area contributed by atoms with Crippen molar-refractivity contribution in [3.8, 4) is 11.5 Å². The number of thiophene rings is 1. The summed E-state index contributed by atoms with van der Waals surface area (Å²) in [4.78, 5) is 0.961. The highest BCUT2D eigenvalue weighted by molar-refractivity contribution is 7.10. The van der Waals surface area contributed by atoms with Crippen LogP contribution in [0.5, 0.6) is 11.5 Å². The van der Waals surface area contributed by atoms with Crippen LogP contribution in [0.1, 0.15) is 11.0 Å². The zero-order valence-electron chi connectivity index (χ0n) is 10.3. The van der Waals surface area contributed by atoms with Crippen molar-refractivity contribution in [2.75, 3.05) is 6.54 Å². The molecule has 20 heavy (non-hydrogen) atoms. The van der Waals surface area contributed by atoms with Crippen molar-refractivity contribution < 1.29 is 22.6 Å². The topological polar surface area (TPSA) is 44.5 Å². The van der Waals surface area contributed by atoms with Crippen LogP contribution in [0.3, 0.4) is 0 Å². The predicted octanol–water partition coefficient (Wildman–Crippen LogP) is 3.73. The summed E-state index contributed by atoms with van der Waals surface area (Å²) in [6, 6.07) is 9.00. The van der Waals surface area contributed by atoms with Gasteiger partial charge < -0.3 is 15.2 Å². The third-order valence-electron chi connectivity index (χ3n) is 2.41. The van der Waals surface area contributed by atoms with Gasteiger partial charge in [0.1, 0.15) is 17.6 Å². The van der Waals surface area contributed by atoms with Crippen LogP contribution in [0.15, 0.2) is 41.8 Å². The van der Waals surface area contributed by atoms with Crippen LogP contribution in [0.2, 0.25) is 0 Å². The van der Waals surface area contributed by atoms with Gasteiger partial charge in [0.25, 0.3) is 0 Å². The third-order valence-corrected chi connectivity index (χ3v) is 3.37. The second-order valence-corrected chi connectivity index (χ2v) is 4.86. The van der Waals surface area contributed by atoms with E-state index in [0.717, 1.165) is 4.88 Å². The van der Waals surface area contributed by atoms with Crippen molar-refractivity contribution in [2.45, 2.75) is 12.5 Å². The largest absolute Gasteiger partial charge is 0.573 e. The highest BCUT2D eigenvalue weighted by atomic mass is 32.1. The second-order valence-electron chi connectivity index (χ2n) is 3.88. The van der Waals surface area contributed by atoms with Crippen molar-refractivity contribution in [1.82, 2.24) is 0 Å². The van der Waals surface area contributed by atoms with E-state index in [1.165, 1.54) is 35.6 Å². The molecule has 2 aromatic rings. The average Bonchev–Trinajstić information content (AvgIpc) is 2.90. The van der Waals surface area contributed by atoms with Gasteiger partial charge in [0.2, 0.25) is 0 Å². The van der Waals surface area contributed by atoms with E-state index >= 15 is 0 Å². The molecule has 0 fully saturated rings. The molecule has 0 aliphatic rings. The summed E-state index contributed by atoms with van der Waals surface area (Å²) in [7, 11) is 0. The zero-order chi connectivity index (χ0) is 14.6. The smallest absolute Gasteiger partial charge is 0.484 e. The fourth-order valence-electron chi connectivity index (χ4n) is 1.58. The van der Waals surface area contributed by atoms with Gasteiger partial charge in [-0.3, -0.25) is 0 Å². The lowest BCUT2D eigenvalue weighted by molar-refractivity contribution is -0.274. The predicted molar refractivity (Wildman–Crippen MR) is 69.9 cm³/mol. The van der Waals surface area contributed by atoms with E-state index in [1.54, 1.807) is 0 Å². The van der Waals surface area contributed by atoms with Crippen LogP contribution in [0, 0.1) is 0 Å². The second kappa shape index (κ2) is 6.15. The molecule has 108 valence electrons. The number of benzene rings is 1. The lowest BCUT2D eigenvalue weighted by Crippen LogP contribution is -2.18. The molecule has 0 saturated heterocycles. The monoisotopic (exact) mass is 303 g/mol. The molecule has 1 atom stereocenters. The Labute approximate surface area is 117 Å². The number of nitrogens with two attached hydrogens (primary N) is 1. The molecule has 1 aromatic heterocycles. The first-order chi connectivity index (χ1) is 9.48. The summed E-state index contributed by atoms with van der Waals surface area (Å²) in [5.41, 5.74) is 5.63. The molecule has 7 heteroatoms. The first-order valence-corrected chi connectivity index (χ1v) is 6.62. The molecule has 0 saturated carbocycles. The van der Waals surface area contributed by atoms with Crippen LogP contribution in [0.4, 0.5) is 13.2 Å². The lowest BCUT2D eigenvalue weighted by atomic mass is 10.2. The van der Waals surface area contributed by atoms with Crippen LogP contribution < -0.4 is 15.2 Å². The molecule has 0 bridgehead atoms. The molecule has 3 nitrogen and oxygen atoms in total. The minimum atomic E-state index is -4.70. The van der Waals surface area contributed by atoms with Gasteiger partial charge in [-0.15, -0.1) is 24.5 Å². The van der Waals surface area contributed by atoms with E-state index in [-0.39, 0.29) is 18.4 Å². The number of alkyl halides is 3. The van der Waals surface area contributed by atoms with Gasteiger partial charge in [-0.2, -0.15) is 0 Å². The molecule has 0 aliphatic heterocycles. The van der Waals surface area contributed by atoms with Crippen molar-refractivity contribution in [1.29, 1.82) is 0 Å². The highest BCUT2D eigenvalue weighted by Gasteiger charge is 2.31. The maximum absolute atomic E-state index is 12.0. The Morgan fingerprint density at radius 2 is 1.75 bits per heavy atom. The van der Waals surface area contributed by atoms with E-state index in [9.17, 15) is 13.2 Å². The van der Waals surface area contributed by atoms with Crippen molar-refractivity contribution in [3.63, 3.8) is 0 Å². The summed E-state index contributed by atoms with van der Waals surface area (Å²) in [5, 5.41) is 1.90. The highest BCUT2D eigenvalue weighted by Crippen LogP contribution is 2.28. The molecule has 0 spiro atoms. The SMILES string of the molecule is NCC(Oc1ccc(OC(F)(F)F)cc1)c1cccs1. The van der Waals surface area contributed by atoms with Crippen molar-refractivity contribution in [3.05, 3.63) is 46.7 Å². The van der Waals surface area contributed by atoms with Crippen LogP contribution in [-0.4, -0.2) is 12.9 Å². The number of hydrogen-bond donors (Lipinski definition) is 1. The first-order valence-electron chi connectivity index (χ1n) is 5.74. The molecular weight excluding hydrogens is 291 g/mol. The maximum atomic E-state index is 12.0. The minimum Gasteiger partial charge on any atom is -0.484 e. The van der Waals surface area contributed by atoms with Gasteiger partial charge in [-0.05, 0) is 35.7 Å². The Morgan fingerprint density at radius 3 is 2.25 bits per heavy atom. The average molecular weight is 303 g/mol. The van der Waals surface area contributed by atoms with E-state index in [2.05, 4.69) is 4.74 Å². The van der Waals surface area contributed by atoms with Gasteiger partial charge in [-0.25, -0.2) is 0 Å². The lowest BCUT2D eigenvalue weighted by Gasteiger charge is -2.16. The molecule has 0 aliphatic carbocycles. The zero-order valence-corrected chi connectivity index (χ0v) is 11.1. The Kier molecular flexibility index (Phi) is 4.51. The summed E-state index contributed by atoms with van der Waals surface area (Å²) < 4.78 is 45.5.